The molecule has 0 spiro atoms. The van der Waals surface area contributed by atoms with E-state index in [0.717, 1.165) is 89.9 Å². The zero-order valence-corrected chi connectivity index (χ0v) is 36.2. The number of carbonyl (C=O) groups is 2. The topological polar surface area (TPSA) is 169 Å². The first-order valence-corrected chi connectivity index (χ1v) is 22.8. The van der Waals surface area contributed by atoms with E-state index in [1.165, 1.54) is 0 Å². The molecule has 0 aromatic carbocycles. The van der Waals surface area contributed by atoms with Crippen LogP contribution in [0.1, 0.15) is 136 Å². The Morgan fingerprint density at radius 3 is 1.71 bits per heavy atom. The van der Waals surface area contributed by atoms with Crippen molar-refractivity contribution in [3.63, 3.8) is 0 Å². The van der Waals surface area contributed by atoms with Gasteiger partial charge in [0, 0.05) is 12.8 Å². The van der Waals surface area contributed by atoms with Crippen LogP contribution in [0.15, 0.2) is 97.2 Å². The average Bonchev–Trinajstić information content (AvgIpc) is 3.20. The van der Waals surface area contributed by atoms with Crippen LogP contribution >= 0.6 is 7.82 Å². The zero-order chi connectivity index (χ0) is 42.8. The van der Waals surface area contributed by atoms with Crippen molar-refractivity contribution < 1.29 is 52.9 Å². The highest BCUT2D eigenvalue weighted by atomic mass is 31.2. The van der Waals surface area contributed by atoms with Gasteiger partial charge in [-0.2, -0.15) is 0 Å². The van der Waals surface area contributed by atoms with Crippen molar-refractivity contribution in [2.75, 3.05) is 26.4 Å². The molecule has 4 N–H and O–H groups in total. The Balaban J connectivity index is 4.46. The van der Waals surface area contributed by atoms with E-state index >= 15 is 0 Å². The van der Waals surface area contributed by atoms with Crippen LogP contribution in [0.3, 0.4) is 0 Å². The Morgan fingerprint density at radius 2 is 1.09 bits per heavy atom. The second kappa shape index (κ2) is 40.6. The van der Waals surface area contributed by atoms with Gasteiger partial charge in [-0.25, -0.2) is 4.57 Å². The van der Waals surface area contributed by atoms with Crippen LogP contribution in [-0.4, -0.2) is 76.9 Å². The molecule has 0 aliphatic rings. The smallest absolute Gasteiger partial charge is 0.462 e. The maximum Gasteiger partial charge on any atom is 0.472 e. The Hall–Kier alpha value is -3.15. The second-order valence-electron chi connectivity index (χ2n) is 13.8. The first kappa shape index (κ1) is 54.9. The molecule has 2 unspecified atom stereocenters. The largest absolute Gasteiger partial charge is 0.472 e. The summed E-state index contributed by atoms with van der Waals surface area (Å²) in [5.74, 6) is -1.03. The first-order chi connectivity index (χ1) is 28.1. The fourth-order valence-corrected chi connectivity index (χ4v) is 5.84. The molecular weight excluding hydrogens is 759 g/mol. The Labute approximate surface area is 349 Å². The van der Waals surface area contributed by atoms with Gasteiger partial charge < -0.3 is 29.7 Å². The molecule has 12 heteroatoms. The molecule has 0 aromatic heterocycles. The average molecular weight is 835 g/mol. The number of aliphatic hydroxyl groups is 3. The molecule has 0 aliphatic heterocycles. The molecule has 4 atom stereocenters. The van der Waals surface area contributed by atoms with Crippen molar-refractivity contribution in [3.05, 3.63) is 97.2 Å². The fourth-order valence-electron chi connectivity index (χ4n) is 5.05. The third-order valence-electron chi connectivity index (χ3n) is 8.31. The molecule has 0 saturated heterocycles. The normalized spacial score (nSPS) is 15.3. The summed E-state index contributed by atoms with van der Waals surface area (Å²) in [7, 11) is -4.65. The molecule has 0 heterocycles. The second-order valence-corrected chi connectivity index (χ2v) is 15.3. The summed E-state index contributed by atoms with van der Waals surface area (Å²) in [4.78, 5) is 35.0. The number of phosphoric acid groups is 1. The predicted octanol–water partition coefficient (Wildman–Crippen LogP) is 10.2. The van der Waals surface area contributed by atoms with Gasteiger partial charge in [0.2, 0.25) is 0 Å². The summed E-state index contributed by atoms with van der Waals surface area (Å²) in [6.07, 6.45) is 45.6. The number of aliphatic hydroxyl groups excluding tert-OH is 3. The van der Waals surface area contributed by atoms with Gasteiger partial charge in [0.05, 0.1) is 25.9 Å². The maximum absolute atomic E-state index is 12.6. The van der Waals surface area contributed by atoms with Crippen molar-refractivity contribution >= 4 is 19.8 Å². The van der Waals surface area contributed by atoms with Gasteiger partial charge in [0.15, 0.2) is 6.10 Å². The van der Waals surface area contributed by atoms with Crippen molar-refractivity contribution in [2.24, 2.45) is 0 Å². The predicted molar refractivity (Wildman–Crippen MR) is 234 cm³/mol. The minimum atomic E-state index is -4.65. The Kier molecular flexibility index (Phi) is 38.4. The minimum absolute atomic E-state index is 0.124. The van der Waals surface area contributed by atoms with Crippen LogP contribution < -0.4 is 0 Å². The van der Waals surface area contributed by atoms with E-state index < -0.39 is 57.9 Å². The number of unbranched alkanes of at least 4 members (excludes halogenated alkanes) is 8. The van der Waals surface area contributed by atoms with Crippen LogP contribution in [-0.2, 0) is 32.7 Å². The van der Waals surface area contributed by atoms with E-state index in [0.29, 0.717) is 19.3 Å². The van der Waals surface area contributed by atoms with E-state index in [9.17, 15) is 29.3 Å². The van der Waals surface area contributed by atoms with Gasteiger partial charge in [0.1, 0.15) is 12.7 Å². The van der Waals surface area contributed by atoms with Crippen LogP contribution in [0.25, 0.3) is 0 Å². The molecule has 0 rings (SSSR count). The SMILES string of the molecule is CC/C=C\C/C=C\C/C=C\C/C=C\C/C=C\CCCCCC(=O)O[C@H](COC(=O)CCCCCCC/C=C/C=C/C(O)C/C=C/CC)COP(=O)(O)OC[C@@H](O)CO. The van der Waals surface area contributed by atoms with Gasteiger partial charge in [0.25, 0.3) is 0 Å². The molecule has 0 aromatic rings. The summed E-state index contributed by atoms with van der Waals surface area (Å²) >= 11 is 0. The number of allylic oxidation sites excluding steroid dienone is 14. The van der Waals surface area contributed by atoms with Crippen molar-refractivity contribution in [2.45, 2.75) is 154 Å². The number of phosphoric ester groups is 1. The van der Waals surface area contributed by atoms with Gasteiger partial charge in [-0.05, 0) is 83.5 Å². The highest BCUT2D eigenvalue weighted by molar-refractivity contribution is 7.47. The van der Waals surface area contributed by atoms with Crippen LogP contribution in [0.5, 0.6) is 0 Å². The van der Waals surface area contributed by atoms with Crippen molar-refractivity contribution in [1.29, 1.82) is 0 Å². The van der Waals surface area contributed by atoms with E-state index in [-0.39, 0.29) is 19.4 Å². The molecule has 11 nitrogen and oxygen atoms in total. The number of ether oxygens (including phenoxy) is 2. The number of hydrogen-bond donors (Lipinski definition) is 4. The number of hydrogen-bond acceptors (Lipinski definition) is 10. The maximum atomic E-state index is 12.6. The molecule has 58 heavy (non-hydrogen) atoms. The molecule has 0 fully saturated rings. The lowest BCUT2D eigenvalue weighted by Crippen LogP contribution is -2.29. The van der Waals surface area contributed by atoms with Gasteiger partial charge in [-0.15, -0.1) is 0 Å². The molecule has 0 bridgehead atoms. The van der Waals surface area contributed by atoms with E-state index in [4.69, 9.17) is 19.1 Å². The van der Waals surface area contributed by atoms with Gasteiger partial charge in [-0.3, -0.25) is 18.6 Å². The van der Waals surface area contributed by atoms with Crippen molar-refractivity contribution in [3.8, 4) is 0 Å². The van der Waals surface area contributed by atoms with Crippen LogP contribution in [0.2, 0.25) is 0 Å². The summed E-state index contributed by atoms with van der Waals surface area (Å²) < 4.78 is 32.6. The summed E-state index contributed by atoms with van der Waals surface area (Å²) in [5.41, 5.74) is 0. The summed E-state index contributed by atoms with van der Waals surface area (Å²) in [5, 5.41) is 28.2. The van der Waals surface area contributed by atoms with Crippen molar-refractivity contribution in [1.82, 2.24) is 0 Å². The molecule has 0 saturated carbocycles. The zero-order valence-electron chi connectivity index (χ0n) is 35.3. The number of rotatable bonds is 38. The Bertz CT molecular complexity index is 1300. The number of esters is 2. The molecular formula is C46H75O11P. The molecule has 0 radical (unpaired) electrons. The lowest BCUT2D eigenvalue weighted by atomic mass is 10.1. The fraction of sp³-hybridized carbons (Fsp3) is 0.609. The van der Waals surface area contributed by atoms with Gasteiger partial charge in [-0.1, -0.05) is 137 Å². The quantitative estimate of drug-likeness (QED) is 0.0154. The lowest BCUT2D eigenvalue weighted by molar-refractivity contribution is -0.161. The molecule has 0 amide bonds. The highest BCUT2D eigenvalue weighted by Crippen LogP contribution is 2.43. The van der Waals surface area contributed by atoms with Crippen LogP contribution in [0.4, 0.5) is 0 Å². The first-order valence-electron chi connectivity index (χ1n) is 21.3. The van der Waals surface area contributed by atoms with E-state index in [1.54, 1.807) is 6.08 Å². The molecule has 0 aliphatic carbocycles. The summed E-state index contributed by atoms with van der Waals surface area (Å²) in [6.45, 7) is 1.94. The molecule has 330 valence electrons. The Morgan fingerprint density at radius 1 is 0.586 bits per heavy atom. The standard InChI is InChI=1S/C46H75O11P/c1-3-5-7-8-9-10-11-12-13-14-15-16-17-18-19-22-26-29-33-37-46(51)57-44(41-56-58(52,53)55-39-43(49)38-47)40-54-45(50)36-32-28-25-23-20-21-24-27-31-35-42(48)34-30-6-4-2/h5-7,9-10,12-13,15-16,18-19,24,27,30-31,35,42-44,47-49H,3-4,8,11,14,17,20-23,25-26,28-29,32-34,36-41H2,1-2H3,(H,52,53)/b7-5-,10-9-,13-12-,16-15-,19-18-,27-24+,30-6+,35-31+/t42?,43-,44+/m0/s1. The third-order valence-corrected chi connectivity index (χ3v) is 9.26. The third kappa shape index (κ3) is 39.7. The number of carbonyl (C=O) groups excluding carboxylic acids is 2. The van der Waals surface area contributed by atoms with E-state index in [1.807, 2.05) is 24.3 Å². The van der Waals surface area contributed by atoms with Gasteiger partial charge >= 0.3 is 19.8 Å². The highest BCUT2D eigenvalue weighted by Gasteiger charge is 2.27. The lowest BCUT2D eigenvalue weighted by Gasteiger charge is -2.20. The summed E-state index contributed by atoms with van der Waals surface area (Å²) in [6, 6.07) is 0. The van der Waals surface area contributed by atoms with E-state index in [2.05, 4.69) is 85.2 Å². The van der Waals surface area contributed by atoms with Crippen LogP contribution in [0, 0.1) is 0 Å². The monoisotopic (exact) mass is 835 g/mol. The minimum Gasteiger partial charge on any atom is -0.462 e.